The fourth-order valence-corrected chi connectivity index (χ4v) is 2.60. The second-order valence-corrected chi connectivity index (χ2v) is 5.66. The Balaban J connectivity index is 0.00000264. The molecule has 5 nitrogen and oxygen atoms in total. The molecule has 1 aliphatic carbocycles. The Kier molecular flexibility index (Phi) is 7.75. The Labute approximate surface area is 142 Å². The van der Waals surface area contributed by atoms with Gasteiger partial charge in [0.2, 0.25) is 5.91 Å². The third-order valence-corrected chi connectivity index (χ3v) is 3.93. The first-order valence-electron chi connectivity index (χ1n) is 7.57. The summed E-state index contributed by atoms with van der Waals surface area (Å²) >= 11 is 0. The molecule has 1 aromatic carbocycles. The molecule has 0 aliphatic heterocycles. The molecule has 1 amide bonds. The summed E-state index contributed by atoms with van der Waals surface area (Å²) in [4.78, 5) is 12.3. The summed E-state index contributed by atoms with van der Waals surface area (Å²) in [5.74, 6) is -0.640. The fraction of sp³-hybridized carbons (Fsp3) is 0.562. The maximum atomic E-state index is 13.9. The van der Waals surface area contributed by atoms with Gasteiger partial charge in [-0.15, -0.1) is 12.4 Å². The van der Waals surface area contributed by atoms with E-state index in [2.05, 4.69) is 5.32 Å². The second kappa shape index (κ2) is 9.05. The number of carbonyl (C=O) groups excluding carboxylic acids is 1. The van der Waals surface area contributed by atoms with Crippen LogP contribution in [0, 0.1) is 5.82 Å². The normalized spacial score (nSPS) is 16.3. The molecular weight excluding hydrogens is 323 g/mol. The Morgan fingerprint density at radius 3 is 2.61 bits per heavy atom. The van der Waals surface area contributed by atoms with Crippen molar-refractivity contribution in [2.45, 2.75) is 37.6 Å². The van der Waals surface area contributed by atoms with Crippen LogP contribution in [0.25, 0.3) is 0 Å². The number of benzene rings is 1. The molecule has 1 fully saturated rings. The van der Waals surface area contributed by atoms with Crippen LogP contribution in [0.2, 0.25) is 0 Å². The monoisotopic (exact) mass is 346 g/mol. The van der Waals surface area contributed by atoms with Crippen molar-refractivity contribution in [1.29, 1.82) is 0 Å². The van der Waals surface area contributed by atoms with E-state index in [1.54, 1.807) is 13.2 Å². The lowest BCUT2D eigenvalue weighted by Gasteiger charge is -2.31. The number of carbonyl (C=O) groups is 1. The van der Waals surface area contributed by atoms with Crippen molar-refractivity contribution in [2.24, 2.45) is 5.73 Å². The van der Waals surface area contributed by atoms with Crippen LogP contribution in [0.5, 0.6) is 5.75 Å². The second-order valence-electron chi connectivity index (χ2n) is 5.66. The van der Waals surface area contributed by atoms with Gasteiger partial charge in [0.25, 0.3) is 0 Å². The first-order valence-corrected chi connectivity index (χ1v) is 7.57. The third kappa shape index (κ3) is 5.34. The van der Waals surface area contributed by atoms with Gasteiger partial charge >= 0.3 is 0 Å². The van der Waals surface area contributed by atoms with E-state index in [0.29, 0.717) is 25.1 Å². The van der Waals surface area contributed by atoms with Crippen LogP contribution in [0.4, 0.5) is 10.1 Å². The maximum absolute atomic E-state index is 13.9. The highest BCUT2D eigenvalue weighted by Crippen LogP contribution is 2.28. The summed E-state index contributed by atoms with van der Waals surface area (Å²) in [7, 11) is 1.55. The molecule has 0 atom stereocenters. The number of rotatable bonds is 6. The maximum Gasteiger partial charge on any atom is 0.244 e. The molecule has 1 saturated carbocycles. The van der Waals surface area contributed by atoms with Gasteiger partial charge in [0.1, 0.15) is 6.61 Å². The van der Waals surface area contributed by atoms with E-state index in [0.717, 1.165) is 19.3 Å². The summed E-state index contributed by atoms with van der Waals surface area (Å²) < 4.78 is 24.0. The standard InChI is InChI=1S/C16H23FN2O3.ClH/c1-21-9-10-22-14-6-5-12(11-13(14)17)19-15(20)16(18)7-3-2-4-8-16;/h5-6,11H,2-4,7-10,18H2,1H3,(H,19,20);1H. The average molecular weight is 347 g/mol. The van der Waals surface area contributed by atoms with Gasteiger partial charge in [-0.2, -0.15) is 0 Å². The van der Waals surface area contributed by atoms with Crippen molar-refractivity contribution in [3.8, 4) is 5.75 Å². The smallest absolute Gasteiger partial charge is 0.244 e. The van der Waals surface area contributed by atoms with Crippen molar-refractivity contribution in [3.05, 3.63) is 24.0 Å². The molecule has 0 spiro atoms. The van der Waals surface area contributed by atoms with Crippen LogP contribution in [-0.4, -0.2) is 31.8 Å². The fourth-order valence-electron chi connectivity index (χ4n) is 2.60. The molecule has 0 heterocycles. The zero-order chi connectivity index (χ0) is 16.0. The molecule has 1 aliphatic rings. The Hall–Kier alpha value is -1.37. The van der Waals surface area contributed by atoms with Crippen LogP contribution in [0.15, 0.2) is 18.2 Å². The number of anilines is 1. The summed E-state index contributed by atoms with van der Waals surface area (Å²) in [6, 6.07) is 4.34. The average Bonchev–Trinajstić information content (AvgIpc) is 2.50. The summed E-state index contributed by atoms with van der Waals surface area (Å²) in [5.41, 5.74) is 5.70. The Morgan fingerprint density at radius 1 is 1.30 bits per heavy atom. The lowest BCUT2D eigenvalue weighted by molar-refractivity contribution is -0.122. The lowest BCUT2D eigenvalue weighted by atomic mass is 9.82. The van der Waals surface area contributed by atoms with Gasteiger partial charge < -0.3 is 20.5 Å². The number of halogens is 2. The zero-order valence-corrected chi connectivity index (χ0v) is 14.1. The predicted octanol–water partition coefficient (Wildman–Crippen LogP) is 2.87. The Bertz CT molecular complexity index is 522. The van der Waals surface area contributed by atoms with Crippen LogP contribution in [0.3, 0.4) is 0 Å². The van der Waals surface area contributed by atoms with Gasteiger partial charge in [0, 0.05) is 18.9 Å². The van der Waals surface area contributed by atoms with E-state index in [-0.39, 0.29) is 30.7 Å². The van der Waals surface area contributed by atoms with Gasteiger partial charge in [-0.25, -0.2) is 4.39 Å². The van der Waals surface area contributed by atoms with Crippen molar-refractivity contribution in [2.75, 3.05) is 25.6 Å². The number of hydrogen-bond acceptors (Lipinski definition) is 4. The Morgan fingerprint density at radius 2 is 2.00 bits per heavy atom. The van der Waals surface area contributed by atoms with Crippen LogP contribution in [0.1, 0.15) is 32.1 Å². The van der Waals surface area contributed by atoms with E-state index in [4.69, 9.17) is 15.2 Å². The number of ether oxygens (including phenoxy) is 2. The lowest BCUT2D eigenvalue weighted by Crippen LogP contribution is -2.52. The van der Waals surface area contributed by atoms with Crippen LogP contribution < -0.4 is 15.8 Å². The molecule has 3 N–H and O–H groups in total. The van der Waals surface area contributed by atoms with E-state index in [1.807, 2.05) is 0 Å². The number of nitrogens with two attached hydrogens (primary N) is 1. The third-order valence-electron chi connectivity index (χ3n) is 3.93. The van der Waals surface area contributed by atoms with Gasteiger partial charge in [-0.1, -0.05) is 19.3 Å². The molecule has 0 aromatic heterocycles. The summed E-state index contributed by atoms with van der Waals surface area (Å²) in [5, 5.41) is 2.70. The SMILES string of the molecule is COCCOc1ccc(NC(=O)C2(N)CCCCC2)cc1F.Cl. The minimum Gasteiger partial charge on any atom is -0.488 e. The zero-order valence-electron chi connectivity index (χ0n) is 13.3. The highest BCUT2D eigenvalue weighted by Gasteiger charge is 2.35. The topological polar surface area (TPSA) is 73.6 Å². The molecule has 23 heavy (non-hydrogen) atoms. The first-order chi connectivity index (χ1) is 10.5. The molecule has 0 saturated heterocycles. The quantitative estimate of drug-likeness (QED) is 0.777. The van der Waals surface area contributed by atoms with Gasteiger partial charge in [0.05, 0.1) is 12.1 Å². The van der Waals surface area contributed by atoms with Gasteiger partial charge in [-0.05, 0) is 25.0 Å². The highest BCUT2D eigenvalue weighted by molar-refractivity contribution is 5.98. The molecule has 0 unspecified atom stereocenters. The molecule has 0 radical (unpaired) electrons. The highest BCUT2D eigenvalue weighted by atomic mass is 35.5. The molecule has 130 valence electrons. The molecule has 7 heteroatoms. The van der Waals surface area contributed by atoms with Crippen LogP contribution in [-0.2, 0) is 9.53 Å². The number of methoxy groups -OCH3 is 1. The van der Waals surface area contributed by atoms with E-state index in [9.17, 15) is 9.18 Å². The van der Waals surface area contributed by atoms with E-state index >= 15 is 0 Å². The largest absolute Gasteiger partial charge is 0.488 e. The van der Waals surface area contributed by atoms with E-state index < -0.39 is 11.4 Å². The van der Waals surface area contributed by atoms with E-state index in [1.165, 1.54) is 12.1 Å². The summed E-state index contributed by atoms with van der Waals surface area (Å²) in [6.45, 7) is 0.651. The minimum absolute atomic E-state index is 0. The van der Waals surface area contributed by atoms with Gasteiger partial charge in [0.15, 0.2) is 11.6 Å². The van der Waals surface area contributed by atoms with Crippen LogP contribution >= 0.6 is 12.4 Å². The number of nitrogens with one attached hydrogen (secondary N) is 1. The number of amides is 1. The number of hydrogen-bond donors (Lipinski definition) is 2. The van der Waals surface area contributed by atoms with Crippen molar-refractivity contribution >= 4 is 24.0 Å². The molecule has 1 aromatic rings. The van der Waals surface area contributed by atoms with Crippen molar-refractivity contribution < 1.29 is 18.7 Å². The van der Waals surface area contributed by atoms with Crippen molar-refractivity contribution in [1.82, 2.24) is 0 Å². The van der Waals surface area contributed by atoms with Gasteiger partial charge in [-0.3, -0.25) is 4.79 Å². The molecule has 0 bridgehead atoms. The minimum atomic E-state index is -0.845. The first kappa shape index (κ1) is 19.7. The summed E-state index contributed by atoms with van der Waals surface area (Å²) in [6.07, 6.45) is 4.34. The molecule has 2 rings (SSSR count). The molecular formula is C16H24ClFN2O3. The predicted molar refractivity (Wildman–Crippen MR) is 89.7 cm³/mol. The van der Waals surface area contributed by atoms with Crippen molar-refractivity contribution in [3.63, 3.8) is 0 Å².